The monoisotopic (exact) mass is 298 g/mol. The molecule has 0 spiro atoms. The van der Waals surface area contributed by atoms with Gasteiger partial charge in [-0.3, -0.25) is 0 Å². The van der Waals surface area contributed by atoms with Crippen LogP contribution < -0.4 is 10.0 Å². The van der Waals surface area contributed by atoms with Crippen molar-refractivity contribution in [3.8, 4) is 0 Å². The number of rotatable bonds is 6. The molecule has 2 N–H and O–H groups in total. The number of benzene rings is 1. The van der Waals surface area contributed by atoms with Crippen molar-refractivity contribution in [2.45, 2.75) is 17.9 Å². The lowest BCUT2D eigenvalue weighted by molar-refractivity contribution is 0.153. The maximum atomic E-state index is 12.0. The van der Waals surface area contributed by atoms with Gasteiger partial charge in [-0.25, -0.2) is 21.9 Å². The molecule has 102 valence electrons. The predicted octanol–water partition coefficient (Wildman–Crippen LogP) is 1.60. The normalized spacial score (nSPS) is 12.1. The van der Waals surface area contributed by atoms with Crippen LogP contribution in [-0.4, -0.2) is 28.4 Å². The lowest BCUT2D eigenvalue weighted by Gasteiger charge is -2.09. The van der Waals surface area contributed by atoms with Gasteiger partial charge in [0, 0.05) is 11.6 Å². The van der Waals surface area contributed by atoms with Crippen LogP contribution in [0.4, 0.5) is 8.78 Å². The van der Waals surface area contributed by atoms with Gasteiger partial charge >= 0.3 is 0 Å². The van der Waals surface area contributed by atoms with Crippen LogP contribution in [0.5, 0.6) is 0 Å². The third-order valence-electron chi connectivity index (χ3n) is 2.12. The van der Waals surface area contributed by atoms with E-state index >= 15 is 0 Å². The minimum absolute atomic E-state index is 0.0854. The summed E-state index contributed by atoms with van der Waals surface area (Å²) in [5.41, 5.74) is 0.582. The van der Waals surface area contributed by atoms with Crippen LogP contribution in [0, 0.1) is 0 Å². The fourth-order valence-electron chi connectivity index (χ4n) is 1.30. The van der Waals surface area contributed by atoms with Crippen molar-refractivity contribution in [3.63, 3.8) is 0 Å². The SMILES string of the molecule is CNCc1cc(S(=O)(=O)NCC(F)F)ccc1Cl. The lowest BCUT2D eigenvalue weighted by Crippen LogP contribution is -2.28. The molecule has 1 aromatic rings. The molecule has 0 fully saturated rings. The van der Waals surface area contributed by atoms with Crippen molar-refractivity contribution in [1.29, 1.82) is 0 Å². The Hall–Kier alpha value is -0.760. The van der Waals surface area contributed by atoms with E-state index in [0.29, 0.717) is 17.1 Å². The second-order valence-corrected chi connectivity index (χ2v) is 5.70. The van der Waals surface area contributed by atoms with Crippen LogP contribution >= 0.6 is 11.6 Å². The molecule has 1 aromatic carbocycles. The molecule has 0 aliphatic carbocycles. The summed E-state index contributed by atoms with van der Waals surface area (Å²) in [4.78, 5) is -0.0854. The van der Waals surface area contributed by atoms with E-state index in [0.717, 1.165) is 0 Å². The van der Waals surface area contributed by atoms with Gasteiger partial charge in [-0.2, -0.15) is 0 Å². The Balaban J connectivity index is 2.98. The maximum Gasteiger partial charge on any atom is 0.251 e. The average Bonchev–Trinajstić information content (AvgIpc) is 2.29. The largest absolute Gasteiger partial charge is 0.316 e. The Morgan fingerprint density at radius 1 is 1.39 bits per heavy atom. The molecule has 18 heavy (non-hydrogen) atoms. The predicted molar refractivity (Wildman–Crippen MR) is 65.4 cm³/mol. The number of halogens is 3. The Kier molecular flexibility index (Phi) is 5.46. The summed E-state index contributed by atoms with van der Waals surface area (Å²) < 4.78 is 49.2. The highest BCUT2D eigenvalue weighted by molar-refractivity contribution is 7.89. The first-order valence-electron chi connectivity index (χ1n) is 5.07. The zero-order chi connectivity index (χ0) is 13.8. The molecule has 0 saturated carbocycles. The van der Waals surface area contributed by atoms with Crippen LogP contribution in [0.3, 0.4) is 0 Å². The van der Waals surface area contributed by atoms with Crippen molar-refractivity contribution in [2.75, 3.05) is 13.6 Å². The molecule has 8 heteroatoms. The third kappa shape index (κ3) is 4.16. The minimum atomic E-state index is -3.93. The van der Waals surface area contributed by atoms with E-state index in [2.05, 4.69) is 5.32 Å². The van der Waals surface area contributed by atoms with Crippen LogP contribution in [-0.2, 0) is 16.6 Å². The molecule has 0 saturated heterocycles. The molecular weight excluding hydrogens is 286 g/mol. The van der Waals surface area contributed by atoms with Crippen molar-refractivity contribution in [3.05, 3.63) is 28.8 Å². The van der Waals surface area contributed by atoms with E-state index in [1.807, 2.05) is 4.72 Å². The standard InChI is InChI=1S/C10H13ClF2N2O2S/c1-14-5-7-4-8(2-3-9(7)11)18(16,17)15-6-10(12)13/h2-4,10,14-15H,5-6H2,1H3. The summed E-state index contributed by atoms with van der Waals surface area (Å²) in [5.74, 6) is 0. The van der Waals surface area contributed by atoms with E-state index in [1.54, 1.807) is 7.05 Å². The molecule has 0 unspecified atom stereocenters. The fraction of sp³-hybridized carbons (Fsp3) is 0.400. The van der Waals surface area contributed by atoms with Gasteiger partial charge in [0.2, 0.25) is 10.0 Å². The van der Waals surface area contributed by atoms with E-state index in [4.69, 9.17) is 11.6 Å². The minimum Gasteiger partial charge on any atom is -0.316 e. The summed E-state index contributed by atoms with van der Waals surface area (Å²) in [7, 11) is -2.24. The first-order chi connectivity index (χ1) is 8.36. The number of hydrogen-bond acceptors (Lipinski definition) is 3. The molecule has 0 aliphatic heterocycles. The molecular formula is C10H13ClF2N2O2S. The maximum absolute atomic E-state index is 12.0. The first-order valence-corrected chi connectivity index (χ1v) is 6.94. The van der Waals surface area contributed by atoms with Crippen LogP contribution in [0.15, 0.2) is 23.1 Å². The van der Waals surface area contributed by atoms with Crippen molar-refractivity contribution >= 4 is 21.6 Å². The van der Waals surface area contributed by atoms with Crippen molar-refractivity contribution in [2.24, 2.45) is 0 Å². The highest BCUT2D eigenvalue weighted by Gasteiger charge is 2.17. The van der Waals surface area contributed by atoms with Crippen molar-refractivity contribution in [1.82, 2.24) is 10.0 Å². The molecule has 0 amide bonds. The molecule has 1 rings (SSSR count). The van der Waals surface area contributed by atoms with Crippen LogP contribution in [0.1, 0.15) is 5.56 Å². The van der Waals surface area contributed by atoms with E-state index < -0.39 is 23.0 Å². The molecule has 0 aromatic heterocycles. The third-order valence-corrected chi connectivity index (χ3v) is 3.91. The summed E-state index contributed by atoms with van der Waals surface area (Å²) in [6.45, 7) is -0.524. The zero-order valence-electron chi connectivity index (χ0n) is 9.58. The molecule has 0 atom stereocenters. The number of sulfonamides is 1. The smallest absolute Gasteiger partial charge is 0.251 e. The molecule has 0 heterocycles. The second-order valence-electron chi connectivity index (χ2n) is 3.53. The van der Waals surface area contributed by atoms with Crippen LogP contribution in [0.2, 0.25) is 5.02 Å². The average molecular weight is 299 g/mol. The highest BCUT2D eigenvalue weighted by Crippen LogP contribution is 2.20. The number of hydrogen-bond donors (Lipinski definition) is 2. The zero-order valence-corrected chi connectivity index (χ0v) is 11.2. The van der Waals surface area contributed by atoms with Crippen molar-refractivity contribution < 1.29 is 17.2 Å². The van der Waals surface area contributed by atoms with Gasteiger partial charge in [-0.05, 0) is 30.8 Å². The quantitative estimate of drug-likeness (QED) is 0.839. The summed E-state index contributed by atoms with van der Waals surface area (Å²) in [5, 5.41) is 3.25. The summed E-state index contributed by atoms with van der Waals surface area (Å²) in [6, 6.07) is 4.05. The second kappa shape index (κ2) is 6.42. The van der Waals surface area contributed by atoms with Gasteiger partial charge in [0.05, 0.1) is 11.4 Å². The van der Waals surface area contributed by atoms with Gasteiger partial charge in [0.1, 0.15) is 0 Å². The summed E-state index contributed by atoms with van der Waals surface area (Å²) >= 11 is 5.88. The van der Waals surface area contributed by atoms with E-state index in [-0.39, 0.29) is 4.90 Å². The fourth-order valence-corrected chi connectivity index (χ4v) is 2.54. The van der Waals surface area contributed by atoms with Gasteiger partial charge in [-0.1, -0.05) is 11.6 Å². The topological polar surface area (TPSA) is 58.2 Å². The van der Waals surface area contributed by atoms with Crippen LogP contribution in [0.25, 0.3) is 0 Å². The Morgan fingerprint density at radius 3 is 2.61 bits per heavy atom. The van der Waals surface area contributed by atoms with Gasteiger partial charge in [0.25, 0.3) is 6.43 Å². The highest BCUT2D eigenvalue weighted by atomic mass is 35.5. The molecule has 0 aliphatic rings. The number of nitrogens with one attached hydrogen (secondary N) is 2. The lowest BCUT2D eigenvalue weighted by atomic mass is 10.2. The first kappa shape index (κ1) is 15.3. The Labute approximate surface area is 109 Å². The van der Waals surface area contributed by atoms with Gasteiger partial charge in [0.15, 0.2) is 0 Å². The van der Waals surface area contributed by atoms with E-state index in [9.17, 15) is 17.2 Å². The van der Waals surface area contributed by atoms with Gasteiger partial charge in [-0.15, -0.1) is 0 Å². The van der Waals surface area contributed by atoms with E-state index in [1.165, 1.54) is 18.2 Å². The molecule has 4 nitrogen and oxygen atoms in total. The Bertz CT molecular complexity index is 509. The van der Waals surface area contributed by atoms with Gasteiger partial charge < -0.3 is 5.32 Å². The molecule has 0 radical (unpaired) electrons. The number of alkyl halides is 2. The Morgan fingerprint density at radius 2 is 2.06 bits per heavy atom. The molecule has 0 bridgehead atoms. The summed E-state index contributed by atoms with van der Waals surface area (Å²) in [6.07, 6.45) is -2.73.